The molecule has 0 fully saturated rings. The van der Waals surface area contributed by atoms with E-state index in [-0.39, 0.29) is 17.4 Å². The zero-order valence-corrected chi connectivity index (χ0v) is 17.2. The number of benzene rings is 1. The number of nitrogens with one attached hydrogen (secondary N) is 1. The number of hydrogen-bond donors (Lipinski definition) is 1. The van der Waals surface area contributed by atoms with Gasteiger partial charge < -0.3 is 9.88 Å². The van der Waals surface area contributed by atoms with E-state index in [4.69, 9.17) is 0 Å². The van der Waals surface area contributed by atoms with Crippen LogP contribution in [0.5, 0.6) is 0 Å². The summed E-state index contributed by atoms with van der Waals surface area (Å²) in [6, 6.07) is 10.1. The molecule has 1 aromatic carbocycles. The Hall–Kier alpha value is -2.80. The van der Waals surface area contributed by atoms with Crippen LogP contribution < -0.4 is 5.32 Å². The number of amides is 1. The fraction of sp³-hybridized carbons (Fsp3) is 0.391. The van der Waals surface area contributed by atoms with Crippen molar-refractivity contribution in [2.45, 2.75) is 60.4 Å². The number of carbonyl (C=O) groups is 1. The summed E-state index contributed by atoms with van der Waals surface area (Å²) < 4.78 is 2.22. The van der Waals surface area contributed by atoms with Gasteiger partial charge in [0.25, 0.3) is 5.91 Å². The Bertz CT molecular complexity index is 910. The largest absolute Gasteiger partial charge is 0.349 e. The summed E-state index contributed by atoms with van der Waals surface area (Å²) in [5.74, 6) is -0.0864. The minimum absolute atomic E-state index is 0.115. The average molecular weight is 364 g/mol. The number of aromatic nitrogens is 1. The van der Waals surface area contributed by atoms with Crippen LogP contribution in [0.3, 0.4) is 0 Å². The van der Waals surface area contributed by atoms with Crippen molar-refractivity contribution < 1.29 is 4.79 Å². The number of carbonyl (C=O) groups excluding carboxylic acids is 1. The van der Waals surface area contributed by atoms with Crippen LogP contribution in [0.25, 0.3) is 6.08 Å². The van der Waals surface area contributed by atoms with Gasteiger partial charge in [-0.05, 0) is 61.9 Å². The number of aryl methyl sites for hydroxylation is 2. The van der Waals surface area contributed by atoms with Crippen molar-refractivity contribution in [2.24, 2.45) is 0 Å². The maximum atomic E-state index is 12.8. The first kappa shape index (κ1) is 20.5. The number of nitrogens with zero attached hydrogens (tertiary/aromatic N) is 2. The molecule has 0 saturated heterocycles. The molecule has 0 aliphatic rings. The monoisotopic (exact) mass is 363 g/mol. The third-order valence-corrected chi connectivity index (χ3v) is 4.89. The summed E-state index contributed by atoms with van der Waals surface area (Å²) in [6.07, 6.45) is 2.73. The van der Waals surface area contributed by atoms with E-state index in [1.807, 2.05) is 45.0 Å². The van der Waals surface area contributed by atoms with E-state index < -0.39 is 0 Å². The Morgan fingerprint density at radius 1 is 1.30 bits per heavy atom. The number of para-hydroxylation sites is 1. The number of nitriles is 1. The number of hydrogen-bond acceptors (Lipinski definition) is 2. The molecule has 0 radical (unpaired) electrons. The van der Waals surface area contributed by atoms with Crippen molar-refractivity contribution in [3.63, 3.8) is 0 Å². The van der Waals surface area contributed by atoms with Crippen molar-refractivity contribution in [2.75, 3.05) is 5.32 Å². The molecule has 0 unspecified atom stereocenters. The lowest BCUT2D eigenvalue weighted by Gasteiger charge is -2.16. The van der Waals surface area contributed by atoms with Gasteiger partial charge in [0.15, 0.2) is 0 Å². The van der Waals surface area contributed by atoms with Gasteiger partial charge >= 0.3 is 0 Å². The second-order valence-corrected chi connectivity index (χ2v) is 7.30. The molecule has 0 atom stereocenters. The molecular formula is C23H29N3O. The van der Waals surface area contributed by atoms with Gasteiger partial charge in [-0.2, -0.15) is 5.26 Å². The van der Waals surface area contributed by atoms with Crippen LogP contribution in [-0.4, -0.2) is 10.5 Å². The highest BCUT2D eigenvalue weighted by molar-refractivity contribution is 6.10. The molecule has 1 N–H and O–H groups in total. The molecule has 2 aromatic rings. The summed E-state index contributed by atoms with van der Waals surface area (Å²) >= 11 is 0. The van der Waals surface area contributed by atoms with E-state index in [0.717, 1.165) is 46.7 Å². The zero-order chi connectivity index (χ0) is 20.1. The zero-order valence-electron chi connectivity index (χ0n) is 17.2. The third-order valence-electron chi connectivity index (χ3n) is 4.89. The highest BCUT2D eigenvalue weighted by Gasteiger charge is 2.16. The van der Waals surface area contributed by atoms with E-state index in [9.17, 15) is 10.1 Å². The van der Waals surface area contributed by atoms with Crippen molar-refractivity contribution in [3.05, 3.63) is 57.9 Å². The molecule has 0 aliphatic heterocycles. The quantitative estimate of drug-likeness (QED) is 0.545. The summed E-state index contributed by atoms with van der Waals surface area (Å²) in [4.78, 5) is 12.8. The van der Waals surface area contributed by atoms with E-state index in [1.54, 1.807) is 6.08 Å². The lowest BCUT2D eigenvalue weighted by atomic mass is 9.98. The van der Waals surface area contributed by atoms with Gasteiger partial charge in [-0.15, -0.1) is 0 Å². The van der Waals surface area contributed by atoms with Crippen LogP contribution in [-0.2, 0) is 11.3 Å². The molecule has 1 heterocycles. The van der Waals surface area contributed by atoms with Crippen LogP contribution in [0.1, 0.15) is 61.2 Å². The summed E-state index contributed by atoms with van der Waals surface area (Å²) in [5, 5.41) is 12.5. The van der Waals surface area contributed by atoms with Crippen LogP contribution in [0.15, 0.2) is 29.8 Å². The first-order valence-corrected chi connectivity index (χ1v) is 9.49. The average Bonchev–Trinajstić information content (AvgIpc) is 2.88. The SMILES string of the molecule is CCCn1c(C)cc(C=C(C#N)C(=O)Nc2c(C)cccc2C(C)C)c1C. The molecule has 1 aromatic heterocycles. The molecule has 0 aliphatic carbocycles. The smallest absolute Gasteiger partial charge is 0.266 e. The lowest BCUT2D eigenvalue weighted by molar-refractivity contribution is -0.112. The van der Waals surface area contributed by atoms with Gasteiger partial charge in [0.1, 0.15) is 11.6 Å². The van der Waals surface area contributed by atoms with Crippen molar-refractivity contribution in [1.29, 1.82) is 5.26 Å². The molecule has 4 heteroatoms. The first-order valence-electron chi connectivity index (χ1n) is 9.49. The van der Waals surface area contributed by atoms with Crippen LogP contribution >= 0.6 is 0 Å². The van der Waals surface area contributed by atoms with E-state index >= 15 is 0 Å². The molecule has 0 bridgehead atoms. The van der Waals surface area contributed by atoms with Crippen LogP contribution in [0, 0.1) is 32.1 Å². The van der Waals surface area contributed by atoms with Gasteiger partial charge in [-0.1, -0.05) is 39.0 Å². The highest BCUT2D eigenvalue weighted by atomic mass is 16.1. The first-order chi connectivity index (χ1) is 12.8. The minimum Gasteiger partial charge on any atom is -0.349 e. The number of rotatable bonds is 6. The van der Waals surface area contributed by atoms with Crippen LogP contribution in [0.4, 0.5) is 5.69 Å². The molecule has 142 valence electrons. The van der Waals surface area contributed by atoms with Crippen molar-refractivity contribution in [1.82, 2.24) is 4.57 Å². The van der Waals surface area contributed by atoms with Crippen LogP contribution in [0.2, 0.25) is 0 Å². The minimum atomic E-state index is -0.367. The van der Waals surface area contributed by atoms with E-state index in [0.29, 0.717) is 0 Å². The topological polar surface area (TPSA) is 57.8 Å². The maximum Gasteiger partial charge on any atom is 0.266 e. The normalized spacial score (nSPS) is 11.6. The molecule has 2 rings (SSSR count). The maximum absolute atomic E-state index is 12.8. The Morgan fingerprint density at radius 2 is 2.00 bits per heavy atom. The van der Waals surface area contributed by atoms with Gasteiger partial charge in [-0.25, -0.2) is 0 Å². The molecular weight excluding hydrogens is 334 g/mol. The summed E-state index contributed by atoms with van der Waals surface area (Å²) in [7, 11) is 0. The van der Waals surface area contributed by atoms with Gasteiger partial charge in [0, 0.05) is 23.6 Å². The fourth-order valence-electron chi connectivity index (χ4n) is 3.37. The second-order valence-electron chi connectivity index (χ2n) is 7.30. The van der Waals surface area contributed by atoms with Gasteiger partial charge in [0.05, 0.1) is 0 Å². The van der Waals surface area contributed by atoms with Gasteiger partial charge in [0.2, 0.25) is 0 Å². The molecule has 4 nitrogen and oxygen atoms in total. The highest BCUT2D eigenvalue weighted by Crippen LogP contribution is 2.28. The summed E-state index contributed by atoms with van der Waals surface area (Å²) in [5.41, 5.74) is 6.11. The number of anilines is 1. The Labute approximate surface area is 162 Å². The van der Waals surface area contributed by atoms with E-state index in [1.165, 1.54) is 0 Å². The Balaban J connectivity index is 2.37. The Morgan fingerprint density at radius 3 is 2.59 bits per heavy atom. The Kier molecular flexibility index (Phi) is 6.63. The van der Waals surface area contributed by atoms with E-state index in [2.05, 4.69) is 36.7 Å². The van der Waals surface area contributed by atoms with Gasteiger partial charge in [-0.3, -0.25) is 4.79 Å². The third kappa shape index (κ3) is 4.49. The molecule has 27 heavy (non-hydrogen) atoms. The lowest BCUT2D eigenvalue weighted by Crippen LogP contribution is -2.16. The molecule has 1 amide bonds. The van der Waals surface area contributed by atoms with Crippen molar-refractivity contribution in [3.8, 4) is 6.07 Å². The van der Waals surface area contributed by atoms with Crippen molar-refractivity contribution >= 4 is 17.7 Å². The fourth-order valence-corrected chi connectivity index (χ4v) is 3.37. The predicted molar refractivity (Wildman–Crippen MR) is 112 cm³/mol. The predicted octanol–water partition coefficient (Wildman–Crippen LogP) is 5.49. The standard InChI is InChI=1S/C23H29N3O/c1-7-11-26-17(5)12-19(18(26)6)13-20(14-24)23(27)25-22-16(4)9-8-10-21(22)15(2)3/h8-10,12-13,15H,7,11H2,1-6H3,(H,25,27). The molecule has 0 spiro atoms. The molecule has 0 saturated carbocycles. The second kappa shape index (κ2) is 8.73. The summed E-state index contributed by atoms with van der Waals surface area (Å²) in [6.45, 7) is 13.3.